The molecule has 3 N–H and O–H groups in total. The number of aliphatic hydroxyl groups excluding tert-OH is 1. The van der Waals surface area contributed by atoms with Crippen LogP contribution in [0, 0.1) is 6.92 Å². The number of hydrogen-bond donors (Lipinski definition) is 3. The zero-order valence-electron chi connectivity index (χ0n) is 17.8. The normalized spacial score (nSPS) is 11.8. The van der Waals surface area contributed by atoms with Gasteiger partial charge in [0.25, 0.3) is 5.91 Å². The van der Waals surface area contributed by atoms with Gasteiger partial charge in [-0.2, -0.15) is 0 Å². The number of nitrogens with zero attached hydrogens (tertiary/aromatic N) is 1. The van der Waals surface area contributed by atoms with Crippen molar-refractivity contribution in [1.29, 1.82) is 0 Å². The van der Waals surface area contributed by atoms with Crippen molar-refractivity contribution >= 4 is 23.2 Å². The summed E-state index contributed by atoms with van der Waals surface area (Å²) in [5.41, 5.74) is 4.51. The number of carbonyl (C=O) groups excluding carboxylic acids is 1. The van der Waals surface area contributed by atoms with Gasteiger partial charge in [0.1, 0.15) is 11.4 Å². The summed E-state index contributed by atoms with van der Waals surface area (Å²) in [5, 5.41) is 16.1. The lowest BCUT2D eigenvalue weighted by Crippen LogP contribution is -2.24. The Hall–Kier alpha value is -2.93. The molecule has 162 valence electrons. The highest BCUT2D eigenvalue weighted by atomic mass is 35.5. The first-order chi connectivity index (χ1) is 14.9. The number of aromatic nitrogens is 1. The second-order valence-corrected chi connectivity index (χ2v) is 7.68. The molecule has 0 aliphatic rings. The molecule has 0 spiro atoms. The third kappa shape index (κ3) is 5.61. The van der Waals surface area contributed by atoms with Crippen LogP contribution >= 0.6 is 11.6 Å². The van der Waals surface area contributed by atoms with Gasteiger partial charge in [0.2, 0.25) is 0 Å². The molecule has 0 fully saturated rings. The number of ether oxygens (including phenoxy) is 1. The fourth-order valence-electron chi connectivity index (χ4n) is 3.26. The van der Waals surface area contributed by atoms with Crippen LogP contribution in [0.4, 0.5) is 5.69 Å². The Balaban J connectivity index is 1.80. The number of aliphatic hydroxyl groups is 1. The number of pyridine rings is 1. The van der Waals surface area contributed by atoms with Gasteiger partial charge >= 0.3 is 0 Å². The summed E-state index contributed by atoms with van der Waals surface area (Å²) in [4.78, 5) is 17.1. The van der Waals surface area contributed by atoms with E-state index in [1.807, 2.05) is 49.4 Å². The molecular formula is C24H26ClN3O3. The highest BCUT2D eigenvalue weighted by Crippen LogP contribution is 2.33. The maximum absolute atomic E-state index is 12.9. The monoisotopic (exact) mass is 439 g/mol. The van der Waals surface area contributed by atoms with Crippen molar-refractivity contribution in [2.75, 3.05) is 19.0 Å². The van der Waals surface area contributed by atoms with Crippen LogP contribution in [0.3, 0.4) is 0 Å². The first kappa shape index (κ1) is 22.7. The molecule has 1 unspecified atom stereocenters. The van der Waals surface area contributed by atoms with Crippen molar-refractivity contribution in [3.63, 3.8) is 0 Å². The second-order valence-electron chi connectivity index (χ2n) is 7.27. The van der Waals surface area contributed by atoms with E-state index in [1.165, 1.54) is 0 Å². The van der Waals surface area contributed by atoms with E-state index in [2.05, 4.69) is 15.6 Å². The Morgan fingerprint density at radius 3 is 2.65 bits per heavy atom. The van der Waals surface area contributed by atoms with Gasteiger partial charge in [0.15, 0.2) is 0 Å². The van der Waals surface area contributed by atoms with Gasteiger partial charge in [0.05, 0.1) is 13.2 Å². The number of benzene rings is 2. The van der Waals surface area contributed by atoms with E-state index in [-0.39, 0.29) is 11.6 Å². The van der Waals surface area contributed by atoms with Crippen LogP contribution in [0.25, 0.3) is 11.1 Å². The van der Waals surface area contributed by atoms with Gasteiger partial charge in [-0.3, -0.25) is 9.78 Å². The summed E-state index contributed by atoms with van der Waals surface area (Å²) < 4.78 is 5.42. The zero-order chi connectivity index (χ0) is 22.4. The number of nitrogens with one attached hydrogen (secondary N) is 2. The van der Waals surface area contributed by atoms with Crippen molar-refractivity contribution in [2.45, 2.75) is 26.5 Å². The van der Waals surface area contributed by atoms with Crippen molar-refractivity contribution in [2.24, 2.45) is 0 Å². The molecule has 3 rings (SSSR count). The molecule has 0 saturated heterocycles. The van der Waals surface area contributed by atoms with Crippen LogP contribution in [-0.4, -0.2) is 35.8 Å². The van der Waals surface area contributed by atoms with Crippen LogP contribution in [0.5, 0.6) is 5.75 Å². The van der Waals surface area contributed by atoms with Crippen LogP contribution < -0.4 is 15.4 Å². The van der Waals surface area contributed by atoms with Gasteiger partial charge in [-0.05, 0) is 37.1 Å². The molecule has 2 aromatic carbocycles. The highest BCUT2D eigenvalue weighted by molar-refractivity contribution is 6.33. The minimum absolute atomic E-state index is 0.249. The number of amides is 1. The van der Waals surface area contributed by atoms with Gasteiger partial charge < -0.3 is 20.5 Å². The molecule has 0 bridgehead atoms. The number of anilines is 1. The van der Waals surface area contributed by atoms with E-state index < -0.39 is 6.10 Å². The summed E-state index contributed by atoms with van der Waals surface area (Å²) in [6, 6.07) is 14.9. The Morgan fingerprint density at radius 1 is 1.19 bits per heavy atom. The topological polar surface area (TPSA) is 83.5 Å². The van der Waals surface area contributed by atoms with Gasteiger partial charge in [-0.25, -0.2) is 0 Å². The number of carbonyl (C=O) groups is 1. The second kappa shape index (κ2) is 10.4. The van der Waals surface area contributed by atoms with Gasteiger partial charge in [-0.15, -0.1) is 0 Å². The number of hydrogen-bond acceptors (Lipinski definition) is 5. The lowest BCUT2D eigenvalue weighted by molar-refractivity contribution is 0.102. The Morgan fingerprint density at radius 2 is 1.94 bits per heavy atom. The third-order valence-electron chi connectivity index (χ3n) is 4.90. The van der Waals surface area contributed by atoms with Crippen molar-refractivity contribution in [1.82, 2.24) is 10.3 Å². The molecule has 6 nitrogen and oxygen atoms in total. The minimum Gasteiger partial charge on any atom is -0.496 e. The summed E-state index contributed by atoms with van der Waals surface area (Å²) in [6.07, 6.45) is 1.16. The first-order valence-corrected chi connectivity index (χ1v) is 10.4. The largest absolute Gasteiger partial charge is 0.496 e. The molecule has 0 radical (unpaired) electrons. The third-order valence-corrected chi connectivity index (χ3v) is 5.23. The van der Waals surface area contributed by atoms with E-state index in [4.69, 9.17) is 16.3 Å². The highest BCUT2D eigenvalue weighted by Gasteiger charge is 2.15. The Labute approximate surface area is 187 Å². The number of rotatable bonds is 8. The average Bonchev–Trinajstić information content (AvgIpc) is 2.75. The lowest BCUT2D eigenvalue weighted by atomic mass is 9.99. The average molecular weight is 440 g/mol. The van der Waals surface area contributed by atoms with E-state index in [0.717, 1.165) is 22.3 Å². The molecule has 0 aliphatic carbocycles. The molecule has 7 heteroatoms. The van der Waals surface area contributed by atoms with Gasteiger partial charge in [-0.1, -0.05) is 41.9 Å². The predicted octanol–water partition coefficient (Wildman–Crippen LogP) is 4.44. The quantitative estimate of drug-likeness (QED) is 0.483. The van der Waals surface area contributed by atoms with Crippen LogP contribution in [0.2, 0.25) is 5.02 Å². The fourth-order valence-corrected chi connectivity index (χ4v) is 3.49. The molecule has 1 aromatic heterocycles. The van der Waals surface area contributed by atoms with Gasteiger partial charge in [0, 0.05) is 47.2 Å². The van der Waals surface area contributed by atoms with E-state index >= 15 is 0 Å². The van der Waals surface area contributed by atoms with Crippen molar-refractivity contribution in [3.8, 4) is 16.9 Å². The fraction of sp³-hybridized carbons (Fsp3) is 0.250. The van der Waals surface area contributed by atoms with E-state index in [1.54, 1.807) is 26.3 Å². The zero-order valence-corrected chi connectivity index (χ0v) is 18.5. The van der Waals surface area contributed by atoms with E-state index in [9.17, 15) is 9.90 Å². The minimum atomic E-state index is -0.450. The summed E-state index contributed by atoms with van der Waals surface area (Å²) in [5.74, 6) is 0.223. The molecule has 1 amide bonds. The molecule has 0 aliphatic heterocycles. The number of methoxy groups -OCH3 is 1. The maximum atomic E-state index is 12.9. The summed E-state index contributed by atoms with van der Waals surface area (Å²) in [6.45, 7) is 4.58. The SMILES string of the molecule is COc1cc(C(=O)Nc2cccc(-c3ccccc3Cl)c2C)ncc1CNCC(C)O. The molecule has 3 aromatic rings. The predicted molar refractivity (Wildman–Crippen MR) is 124 cm³/mol. The molecule has 1 atom stereocenters. The molecule has 1 heterocycles. The number of halogens is 1. The summed E-state index contributed by atoms with van der Waals surface area (Å²) >= 11 is 6.36. The lowest BCUT2D eigenvalue weighted by Gasteiger charge is -2.15. The van der Waals surface area contributed by atoms with Crippen LogP contribution in [0.1, 0.15) is 28.5 Å². The molecule has 31 heavy (non-hydrogen) atoms. The standard InChI is InChI=1S/C24H26ClN3O3/c1-15(29)12-26-13-17-14-27-22(11-23(17)31-3)24(30)28-21-10-6-8-18(16(21)2)19-7-4-5-9-20(19)25/h4-11,14-15,26,29H,12-13H2,1-3H3,(H,28,30). The Bertz CT molecular complexity index is 1070. The van der Waals surface area contributed by atoms with E-state index in [0.29, 0.717) is 29.5 Å². The maximum Gasteiger partial charge on any atom is 0.274 e. The molecule has 0 saturated carbocycles. The molecular weight excluding hydrogens is 414 g/mol. The van der Waals surface area contributed by atoms with Crippen molar-refractivity contribution in [3.05, 3.63) is 76.6 Å². The van der Waals surface area contributed by atoms with Crippen LogP contribution in [0.15, 0.2) is 54.7 Å². The smallest absolute Gasteiger partial charge is 0.274 e. The first-order valence-electron chi connectivity index (χ1n) is 9.98. The van der Waals surface area contributed by atoms with Crippen LogP contribution in [-0.2, 0) is 6.54 Å². The van der Waals surface area contributed by atoms with Crippen molar-refractivity contribution < 1.29 is 14.6 Å². The Kier molecular flexibility index (Phi) is 7.63. The summed E-state index contributed by atoms with van der Waals surface area (Å²) in [7, 11) is 1.55.